The zero-order valence-electron chi connectivity index (χ0n) is 13.7. The number of aromatic nitrogens is 2. The summed E-state index contributed by atoms with van der Waals surface area (Å²) in [5.74, 6) is -0.858. The quantitative estimate of drug-likeness (QED) is 0.520. The molecule has 3 rings (SSSR count). The van der Waals surface area contributed by atoms with Crippen molar-refractivity contribution in [1.29, 1.82) is 0 Å². The van der Waals surface area contributed by atoms with Gasteiger partial charge in [-0.25, -0.2) is 9.97 Å². The molecule has 6 heteroatoms. The van der Waals surface area contributed by atoms with E-state index in [9.17, 15) is 9.90 Å². The zero-order valence-corrected chi connectivity index (χ0v) is 15.4. The van der Waals surface area contributed by atoms with Gasteiger partial charge in [0.15, 0.2) is 0 Å². The standard InChI is InChI=1S/C18H18N2O2S2/c1-4-11-5-7-12(8-6-11)13-9-23-15-14(13)16(20-10-19-15)24-18(2,3)17(21)22/h5-10H,4H2,1-3H3,(H,21,22). The van der Waals surface area contributed by atoms with Gasteiger partial charge < -0.3 is 5.11 Å². The number of aryl methyl sites for hydroxylation is 1. The molecule has 0 atom stereocenters. The van der Waals surface area contributed by atoms with Crippen LogP contribution in [0.2, 0.25) is 0 Å². The van der Waals surface area contributed by atoms with E-state index in [1.807, 2.05) is 0 Å². The Labute approximate surface area is 149 Å². The molecule has 3 aromatic rings. The summed E-state index contributed by atoms with van der Waals surface area (Å²) in [4.78, 5) is 21.0. The van der Waals surface area contributed by atoms with Crippen LogP contribution in [0.4, 0.5) is 0 Å². The molecule has 24 heavy (non-hydrogen) atoms. The van der Waals surface area contributed by atoms with Crippen LogP contribution in [0.15, 0.2) is 41.0 Å². The number of rotatable bonds is 5. The number of carboxylic acid groups (broad SMARTS) is 1. The highest BCUT2D eigenvalue weighted by Crippen LogP contribution is 2.41. The zero-order chi connectivity index (χ0) is 17.3. The highest BCUT2D eigenvalue weighted by atomic mass is 32.2. The third-order valence-electron chi connectivity index (χ3n) is 3.88. The number of thioether (sulfide) groups is 1. The number of thiophene rings is 1. The molecule has 0 saturated carbocycles. The third kappa shape index (κ3) is 3.16. The molecule has 1 N–H and O–H groups in total. The largest absolute Gasteiger partial charge is 0.480 e. The lowest BCUT2D eigenvalue weighted by Gasteiger charge is -2.18. The molecule has 0 amide bonds. The SMILES string of the molecule is CCc1ccc(-c2csc3ncnc(SC(C)(C)C(=O)O)c23)cc1. The number of aliphatic carboxylic acids is 1. The van der Waals surface area contributed by atoms with Crippen molar-refractivity contribution >= 4 is 39.3 Å². The Balaban J connectivity index is 2.11. The molecule has 2 aromatic heterocycles. The predicted molar refractivity (Wildman–Crippen MR) is 99.8 cm³/mol. The molecule has 0 aliphatic carbocycles. The van der Waals surface area contributed by atoms with E-state index in [2.05, 4.69) is 46.5 Å². The average Bonchev–Trinajstić information content (AvgIpc) is 3.00. The van der Waals surface area contributed by atoms with Crippen molar-refractivity contribution < 1.29 is 9.90 Å². The summed E-state index contributed by atoms with van der Waals surface area (Å²) >= 11 is 2.82. The van der Waals surface area contributed by atoms with Gasteiger partial charge in [-0.05, 0) is 31.4 Å². The van der Waals surface area contributed by atoms with Crippen LogP contribution < -0.4 is 0 Å². The summed E-state index contributed by atoms with van der Waals surface area (Å²) < 4.78 is -0.952. The molecule has 0 saturated heterocycles. The summed E-state index contributed by atoms with van der Waals surface area (Å²) in [6.45, 7) is 5.51. The lowest BCUT2D eigenvalue weighted by Crippen LogP contribution is -2.27. The normalized spacial score (nSPS) is 11.8. The van der Waals surface area contributed by atoms with E-state index in [1.54, 1.807) is 25.2 Å². The van der Waals surface area contributed by atoms with Crippen molar-refractivity contribution in [3.8, 4) is 11.1 Å². The first-order chi connectivity index (χ1) is 11.4. The fourth-order valence-electron chi connectivity index (χ4n) is 2.34. The van der Waals surface area contributed by atoms with E-state index in [1.165, 1.54) is 23.7 Å². The van der Waals surface area contributed by atoms with E-state index >= 15 is 0 Å². The van der Waals surface area contributed by atoms with E-state index in [0.717, 1.165) is 27.8 Å². The Morgan fingerprint density at radius 1 is 1.25 bits per heavy atom. The number of nitrogens with zero attached hydrogens (tertiary/aromatic N) is 2. The molecule has 4 nitrogen and oxygen atoms in total. The second-order valence-corrected chi connectivity index (χ2v) is 8.45. The molecule has 0 spiro atoms. The van der Waals surface area contributed by atoms with Gasteiger partial charge in [-0.1, -0.05) is 43.0 Å². The minimum atomic E-state index is -0.952. The number of benzene rings is 1. The van der Waals surface area contributed by atoms with Gasteiger partial charge >= 0.3 is 5.97 Å². The van der Waals surface area contributed by atoms with Gasteiger partial charge in [-0.3, -0.25) is 4.79 Å². The van der Waals surface area contributed by atoms with E-state index in [4.69, 9.17) is 0 Å². The van der Waals surface area contributed by atoms with Crippen LogP contribution in [-0.4, -0.2) is 25.8 Å². The van der Waals surface area contributed by atoms with Crippen molar-refractivity contribution in [2.24, 2.45) is 0 Å². The van der Waals surface area contributed by atoms with Crippen LogP contribution in [0.3, 0.4) is 0 Å². The fraction of sp³-hybridized carbons (Fsp3) is 0.278. The van der Waals surface area contributed by atoms with E-state index < -0.39 is 10.7 Å². The Morgan fingerprint density at radius 2 is 1.96 bits per heavy atom. The number of hydrogen-bond donors (Lipinski definition) is 1. The number of hydrogen-bond acceptors (Lipinski definition) is 5. The topological polar surface area (TPSA) is 63.1 Å². The monoisotopic (exact) mass is 358 g/mol. The smallest absolute Gasteiger partial charge is 0.319 e. The molecular weight excluding hydrogens is 340 g/mol. The van der Waals surface area contributed by atoms with Gasteiger partial charge in [0.05, 0.1) is 5.39 Å². The Kier molecular flexibility index (Phi) is 4.60. The van der Waals surface area contributed by atoms with Crippen LogP contribution in [0.1, 0.15) is 26.3 Å². The highest BCUT2D eigenvalue weighted by Gasteiger charge is 2.30. The van der Waals surface area contributed by atoms with Crippen LogP contribution >= 0.6 is 23.1 Å². The van der Waals surface area contributed by atoms with Crippen molar-refractivity contribution in [2.45, 2.75) is 37.0 Å². The Bertz CT molecular complexity index is 886. The van der Waals surface area contributed by atoms with E-state index in [-0.39, 0.29) is 0 Å². The second-order valence-electron chi connectivity index (χ2n) is 5.98. The first kappa shape index (κ1) is 16.9. The van der Waals surface area contributed by atoms with Crippen molar-refractivity contribution in [3.63, 3.8) is 0 Å². The molecular formula is C18H18N2O2S2. The van der Waals surface area contributed by atoms with Crippen LogP contribution in [0.25, 0.3) is 21.3 Å². The van der Waals surface area contributed by atoms with E-state index in [0.29, 0.717) is 5.03 Å². The predicted octanol–water partition coefficient (Wildman–Crippen LogP) is 4.88. The minimum Gasteiger partial charge on any atom is -0.480 e. The maximum Gasteiger partial charge on any atom is 0.319 e. The Hall–Kier alpha value is -1.92. The van der Waals surface area contributed by atoms with Crippen molar-refractivity contribution in [1.82, 2.24) is 9.97 Å². The average molecular weight is 358 g/mol. The van der Waals surface area contributed by atoms with Crippen molar-refractivity contribution in [2.75, 3.05) is 0 Å². The Morgan fingerprint density at radius 3 is 2.58 bits per heavy atom. The first-order valence-corrected chi connectivity index (χ1v) is 9.36. The van der Waals surface area contributed by atoms with Gasteiger partial charge in [0.2, 0.25) is 0 Å². The van der Waals surface area contributed by atoms with Gasteiger partial charge in [0, 0.05) is 10.9 Å². The summed E-state index contributed by atoms with van der Waals surface area (Å²) in [5.41, 5.74) is 3.45. The lowest BCUT2D eigenvalue weighted by molar-refractivity contribution is -0.138. The third-order valence-corrected chi connectivity index (χ3v) is 5.95. The van der Waals surface area contributed by atoms with Crippen LogP contribution in [0, 0.1) is 0 Å². The lowest BCUT2D eigenvalue weighted by atomic mass is 10.0. The number of fused-ring (bicyclic) bond motifs is 1. The molecule has 1 aromatic carbocycles. The van der Waals surface area contributed by atoms with Gasteiger partial charge in [-0.2, -0.15) is 0 Å². The second kappa shape index (κ2) is 6.53. The number of carbonyl (C=O) groups is 1. The van der Waals surface area contributed by atoms with Crippen LogP contribution in [0.5, 0.6) is 0 Å². The van der Waals surface area contributed by atoms with Gasteiger partial charge in [0.25, 0.3) is 0 Å². The molecule has 2 heterocycles. The van der Waals surface area contributed by atoms with Crippen molar-refractivity contribution in [3.05, 3.63) is 41.5 Å². The molecule has 0 fully saturated rings. The molecule has 0 aliphatic heterocycles. The summed E-state index contributed by atoms with van der Waals surface area (Å²) in [6.07, 6.45) is 2.50. The fourth-order valence-corrected chi connectivity index (χ4v) is 4.30. The van der Waals surface area contributed by atoms with Crippen LogP contribution in [-0.2, 0) is 11.2 Å². The molecule has 0 bridgehead atoms. The molecule has 0 unspecified atom stereocenters. The minimum absolute atomic E-state index is 0.711. The maximum absolute atomic E-state index is 11.5. The van der Waals surface area contributed by atoms with Gasteiger partial charge in [0.1, 0.15) is 20.9 Å². The summed E-state index contributed by atoms with van der Waals surface area (Å²) in [5, 5.41) is 13.1. The number of carboxylic acids is 1. The highest BCUT2D eigenvalue weighted by molar-refractivity contribution is 8.01. The first-order valence-electron chi connectivity index (χ1n) is 7.66. The van der Waals surface area contributed by atoms with Gasteiger partial charge in [-0.15, -0.1) is 11.3 Å². The summed E-state index contributed by atoms with van der Waals surface area (Å²) in [6, 6.07) is 8.45. The summed E-state index contributed by atoms with van der Waals surface area (Å²) in [7, 11) is 0. The maximum atomic E-state index is 11.5. The molecule has 0 radical (unpaired) electrons. The molecule has 0 aliphatic rings. The molecule has 124 valence electrons.